The molecule has 0 saturated carbocycles. The number of para-hydroxylation sites is 1. The number of nitrogens with zero attached hydrogens (tertiary/aromatic N) is 3. The smallest absolute Gasteiger partial charge is 0.262 e. The number of rotatable bonds is 2. The summed E-state index contributed by atoms with van der Waals surface area (Å²) in [5.74, 6) is 0.180. The van der Waals surface area contributed by atoms with E-state index in [1.165, 1.54) is 12.3 Å². The average Bonchev–Trinajstić information content (AvgIpc) is 2.91. The third kappa shape index (κ3) is 2.51. The molecule has 2 aromatic heterocycles. The van der Waals surface area contributed by atoms with Gasteiger partial charge in [0.2, 0.25) is 5.82 Å². The summed E-state index contributed by atoms with van der Waals surface area (Å²) in [5, 5.41) is 14.4. The van der Waals surface area contributed by atoms with Crippen molar-refractivity contribution in [2.24, 2.45) is 0 Å². The molecule has 2 heterocycles. The number of phenols is 1. The van der Waals surface area contributed by atoms with Gasteiger partial charge in [-0.15, -0.1) is 0 Å². The van der Waals surface area contributed by atoms with Crippen LogP contribution in [0.1, 0.15) is 0 Å². The topological polar surface area (TPSA) is 98.1 Å². The van der Waals surface area contributed by atoms with Crippen molar-refractivity contribution in [2.45, 2.75) is 0 Å². The van der Waals surface area contributed by atoms with Gasteiger partial charge in [0.25, 0.3) is 5.89 Å². The SMILES string of the molecule is Nc1cccc(-c2nc(-c3ncc(Cl)cc3Cl)no2)c1O. The zero-order valence-electron chi connectivity index (χ0n) is 10.4. The van der Waals surface area contributed by atoms with Crippen molar-refractivity contribution in [1.29, 1.82) is 0 Å². The van der Waals surface area contributed by atoms with Gasteiger partial charge in [0.1, 0.15) is 5.69 Å². The van der Waals surface area contributed by atoms with E-state index in [4.69, 9.17) is 33.5 Å². The Labute approximate surface area is 129 Å². The number of pyridine rings is 1. The van der Waals surface area contributed by atoms with Crippen LogP contribution in [0.25, 0.3) is 23.0 Å². The number of halogens is 2. The van der Waals surface area contributed by atoms with Crippen LogP contribution >= 0.6 is 23.2 Å². The van der Waals surface area contributed by atoms with E-state index in [-0.39, 0.29) is 23.2 Å². The van der Waals surface area contributed by atoms with Crippen molar-refractivity contribution in [3.63, 3.8) is 0 Å². The highest BCUT2D eigenvalue weighted by molar-refractivity contribution is 6.35. The van der Waals surface area contributed by atoms with Crippen LogP contribution in [0.5, 0.6) is 5.75 Å². The van der Waals surface area contributed by atoms with E-state index in [1.807, 2.05) is 0 Å². The minimum absolute atomic E-state index is 0.114. The molecule has 0 aliphatic carbocycles. The minimum atomic E-state index is -0.122. The molecule has 3 N–H and O–H groups in total. The minimum Gasteiger partial charge on any atom is -0.505 e. The second kappa shape index (κ2) is 5.23. The number of nitrogen functional groups attached to an aromatic ring is 1. The molecule has 8 heteroatoms. The molecule has 0 atom stereocenters. The number of anilines is 1. The summed E-state index contributed by atoms with van der Waals surface area (Å²) in [7, 11) is 0. The highest BCUT2D eigenvalue weighted by Gasteiger charge is 2.17. The molecule has 0 bridgehead atoms. The summed E-state index contributed by atoms with van der Waals surface area (Å²) < 4.78 is 5.12. The number of phenolic OH excluding ortho intramolecular Hbond substituents is 1. The van der Waals surface area contributed by atoms with Gasteiger partial charge in [-0.3, -0.25) is 0 Å². The largest absolute Gasteiger partial charge is 0.505 e. The summed E-state index contributed by atoms with van der Waals surface area (Å²) in [5.41, 5.74) is 6.51. The fourth-order valence-electron chi connectivity index (χ4n) is 1.74. The first-order valence-corrected chi connectivity index (χ1v) is 6.55. The van der Waals surface area contributed by atoms with Gasteiger partial charge in [0, 0.05) is 6.20 Å². The lowest BCUT2D eigenvalue weighted by molar-refractivity contribution is 0.426. The number of nitrogens with two attached hydrogens (primary N) is 1. The monoisotopic (exact) mass is 322 g/mol. The number of aromatic hydroxyl groups is 1. The van der Waals surface area contributed by atoms with E-state index in [9.17, 15) is 5.11 Å². The Morgan fingerprint density at radius 3 is 2.81 bits per heavy atom. The molecule has 21 heavy (non-hydrogen) atoms. The fourth-order valence-corrected chi connectivity index (χ4v) is 2.21. The van der Waals surface area contributed by atoms with Gasteiger partial charge < -0.3 is 15.4 Å². The lowest BCUT2D eigenvalue weighted by Gasteiger charge is -2.01. The second-order valence-corrected chi connectivity index (χ2v) is 4.99. The van der Waals surface area contributed by atoms with Crippen LogP contribution in [0.15, 0.2) is 35.0 Å². The molecule has 106 valence electrons. The molecule has 0 aliphatic rings. The van der Waals surface area contributed by atoms with Crippen LogP contribution in [0.4, 0.5) is 5.69 Å². The molecule has 6 nitrogen and oxygen atoms in total. The lowest BCUT2D eigenvalue weighted by atomic mass is 10.2. The number of hydrogen-bond acceptors (Lipinski definition) is 6. The highest BCUT2D eigenvalue weighted by atomic mass is 35.5. The molecule has 0 spiro atoms. The molecular formula is C13H8Cl2N4O2. The van der Waals surface area contributed by atoms with Gasteiger partial charge in [0.05, 0.1) is 21.3 Å². The zero-order chi connectivity index (χ0) is 15.0. The van der Waals surface area contributed by atoms with Gasteiger partial charge in [-0.2, -0.15) is 4.98 Å². The Balaban J connectivity index is 2.06. The Kier molecular flexibility index (Phi) is 3.40. The molecule has 0 aliphatic heterocycles. The van der Waals surface area contributed by atoms with Crippen molar-refractivity contribution in [3.8, 4) is 28.7 Å². The molecule has 0 fully saturated rings. The summed E-state index contributed by atoms with van der Waals surface area (Å²) in [4.78, 5) is 8.22. The first-order chi connectivity index (χ1) is 10.1. The first-order valence-electron chi connectivity index (χ1n) is 5.79. The molecule has 0 amide bonds. The molecule has 3 aromatic rings. The zero-order valence-corrected chi connectivity index (χ0v) is 11.9. The van der Waals surface area contributed by atoms with Crippen molar-refractivity contribution in [3.05, 3.63) is 40.5 Å². The maximum Gasteiger partial charge on any atom is 0.262 e. The molecule has 0 radical (unpaired) electrons. The van der Waals surface area contributed by atoms with Crippen LogP contribution in [-0.2, 0) is 0 Å². The van der Waals surface area contributed by atoms with E-state index >= 15 is 0 Å². The quantitative estimate of drug-likeness (QED) is 0.554. The van der Waals surface area contributed by atoms with Crippen LogP contribution in [0.3, 0.4) is 0 Å². The van der Waals surface area contributed by atoms with Crippen LogP contribution < -0.4 is 5.73 Å². The Morgan fingerprint density at radius 2 is 2.05 bits per heavy atom. The molecule has 3 rings (SSSR count). The normalized spacial score (nSPS) is 10.8. The number of aromatic nitrogens is 3. The van der Waals surface area contributed by atoms with Crippen molar-refractivity contribution >= 4 is 28.9 Å². The summed E-state index contributed by atoms with van der Waals surface area (Å²) in [6.45, 7) is 0. The predicted molar refractivity (Wildman–Crippen MR) is 79.1 cm³/mol. The molecule has 0 saturated heterocycles. The third-order valence-electron chi connectivity index (χ3n) is 2.74. The lowest BCUT2D eigenvalue weighted by Crippen LogP contribution is -1.89. The van der Waals surface area contributed by atoms with E-state index in [0.29, 0.717) is 21.3 Å². The van der Waals surface area contributed by atoms with E-state index in [1.54, 1.807) is 18.2 Å². The first kappa shape index (κ1) is 13.7. The number of hydrogen-bond donors (Lipinski definition) is 2. The number of benzene rings is 1. The van der Waals surface area contributed by atoms with Gasteiger partial charge >= 0.3 is 0 Å². The summed E-state index contributed by atoms with van der Waals surface area (Å²) >= 11 is 11.8. The maximum atomic E-state index is 9.91. The third-order valence-corrected chi connectivity index (χ3v) is 3.24. The fraction of sp³-hybridized carbons (Fsp3) is 0. The Hall–Kier alpha value is -2.31. The van der Waals surface area contributed by atoms with Crippen LogP contribution in [-0.4, -0.2) is 20.2 Å². The van der Waals surface area contributed by atoms with E-state index in [0.717, 1.165) is 0 Å². The van der Waals surface area contributed by atoms with Crippen molar-refractivity contribution in [2.75, 3.05) is 5.73 Å². The Bertz CT molecular complexity index is 820. The van der Waals surface area contributed by atoms with Gasteiger partial charge in [0.15, 0.2) is 5.75 Å². The van der Waals surface area contributed by atoms with E-state index < -0.39 is 0 Å². The van der Waals surface area contributed by atoms with Crippen molar-refractivity contribution < 1.29 is 9.63 Å². The van der Waals surface area contributed by atoms with Gasteiger partial charge in [-0.1, -0.05) is 34.4 Å². The second-order valence-electron chi connectivity index (χ2n) is 4.15. The van der Waals surface area contributed by atoms with Gasteiger partial charge in [-0.25, -0.2) is 4.98 Å². The van der Waals surface area contributed by atoms with E-state index in [2.05, 4.69) is 15.1 Å². The summed E-state index contributed by atoms with van der Waals surface area (Å²) in [6, 6.07) is 6.37. The highest BCUT2D eigenvalue weighted by Crippen LogP contribution is 2.34. The van der Waals surface area contributed by atoms with Gasteiger partial charge in [-0.05, 0) is 18.2 Å². The maximum absolute atomic E-state index is 9.91. The standard InChI is InChI=1S/C13H8Cl2N4O2/c14-6-4-8(15)10(17-5-6)12-18-13(21-19-12)7-2-1-3-9(16)11(7)20/h1-5,20H,16H2. The summed E-state index contributed by atoms with van der Waals surface area (Å²) in [6.07, 6.45) is 1.43. The Morgan fingerprint density at radius 1 is 1.24 bits per heavy atom. The predicted octanol–water partition coefficient (Wildman–Crippen LogP) is 3.39. The molecule has 1 aromatic carbocycles. The van der Waals surface area contributed by atoms with Crippen LogP contribution in [0, 0.1) is 0 Å². The van der Waals surface area contributed by atoms with Crippen molar-refractivity contribution in [1.82, 2.24) is 15.1 Å². The van der Waals surface area contributed by atoms with Crippen LogP contribution in [0.2, 0.25) is 10.0 Å². The average molecular weight is 323 g/mol. The molecule has 0 unspecified atom stereocenters. The molecular weight excluding hydrogens is 315 g/mol.